The highest BCUT2D eigenvalue weighted by atomic mass is 16.3. The zero-order chi connectivity index (χ0) is 17.9. The van der Waals surface area contributed by atoms with Crippen LogP contribution in [0.15, 0.2) is 36.5 Å². The Morgan fingerprint density at radius 2 is 2.19 bits per heavy atom. The Hall–Kier alpha value is -2.53. The molecule has 5 rings (SSSR count). The van der Waals surface area contributed by atoms with Crippen LogP contribution in [0.5, 0.6) is 5.75 Å². The highest BCUT2D eigenvalue weighted by Gasteiger charge is 2.74. The van der Waals surface area contributed by atoms with Crippen LogP contribution in [0.4, 0.5) is 11.5 Å². The first-order chi connectivity index (χ1) is 12.6. The van der Waals surface area contributed by atoms with Gasteiger partial charge in [-0.1, -0.05) is 18.2 Å². The van der Waals surface area contributed by atoms with E-state index in [2.05, 4.69) is 58.9 Å². The van der Waals surface area contributed by atoms with Gasteiger partial charge in [-0.25, -0.2) is 4.98 Å². The fraction of sp³-hybridized carbons (Fsp3) is 0.381. The van der Waals surface area contributed by atoms with Crippen LogP contribution in [0.25, 0.3) is 6.08 Å². The highest BCUT2D eigenvalue weighted by Crippen LogP contribution is 2.72. The summed E-state index contributed by atoms with van der Waals surface area (Å²) in [4.78, 5) is 6.88. The average molecular weight is 348 g/mol. The van der Waals surface area contributed by atoms with Crippen molar-refractivity contribution in [2.75, 3.05) is 37.8 Å². The molecule has 0 spiro atoms. The second-order valence-corrected chi connectivity index (χ2v) is 7.95. The molecule has 1 fully saturated rings. The van der Waals surface area contributed by atoms with Gasteiger partial charge in [-0.3, -0.25) is 0 Å². The molecule has 1 saturated carbocycles. The zero-order valence-electron chi connectivity index (χ0n) is 15.2. The lowest BCUT2D eigenvalue weighted by atomic mass is 9.80. The fourth-order valence-corrected chi connectivity index (χ4v) is 4.83. The Kier molecular flexibility index (Phi) is 3.16. The van der Waals surface area contributed by atoms with E-state index in [9.17, 15) is 5.11 Å². The molecule has 0 radical (unpaired) electrons. The Balaban J connectivity index is 1.54. The first kappa shape index (κ1) is 15.7. The molecule has 1 aliphatic heterocycles. The normalized spacial score (nSPS) is 26.6. The number of anilines is 2. The molecule has 3 N–H and O–H groups in total. The van der Waals surface area contributed by atoms with Crippen molar-refractivity contribution < 1.29 is 5.11 Å². The van der Waals surface area contributed by atoms with Crippen molar-refractivity contribution in [2.24, 2.45) is 0 Å². The number of hydrogen-bond acceptors (Lipinski definition) is 5. The molecule has 1 aromatic heterocycles. The second-order valence-electron chi connectivity index (χ2n) is 7.95. The predicted molar refractivity (Wildman–Crippen MR) is 105 cm³/mol. The molecule has 2 atom stereocenters. The quantitative estimate of drug-likeness (QED) is 0.725. The van der Waals surface area contributed by atoms with Crippen molar-refractivity contribution in [2.45, 2.75) is 23.8 Å². The minimum atomic E-state index is -0.0712. The smallest absolute Gasteiger partial charge is 0.132 e. The minimum absolute atomic E-state index is 0.0393. The van der Waals surface area contributed by atoms with Gasteiger partial charge < -0.3 is 20.6 Å². The first-order valence-electron chi connectivity index (χ1n) is 9.25. The van der Waals surface area contributed by atoms with Gasteiger partial charge in [-0.05, 0) is 62.8 Å². The summed E-state index contributed by atoms with van der Waals surface area (Å²) in [6.45, 7) is 1.96. The fourth-order valence-electron chi connectivity index (χ4n) is 4.83. The summed E-state index contributed by atoms with van der Waals surface area (Å²) in [5, 5.41) is 17.2. The number of hydrogen-bond donors (Lipinski definition) is 3. The van der Waals surface area contributed by atoms with Crippen LogP contribution in [-0.2, 0) is 5.41 Å². The van der Waals surface area contributed by atoms with Gasteiger partial charge in [0.05, 0.1) is 11.0 Å². The van der Waals surface area contributed by atoms with Gasteiger partial charge >= 0.3 is 0 Å². The van der Waals surface area contributed by atoms with Gasteiger partial charge in [0.2, 0.25) is 0 Å². The molecule has 1 aromatic carbocycles. The van der Waals surface area contributed by atoms with Crippen molar-refractivity contribution in [3.8, 4) is 5.75 Å². The average Bonchev–Trinajstić information content (AvgIpc) is 3.19. The van der Waals surface area contributed by atoms with Crippen LogP contribution >= 0.6 is 0 Å². The SMILES string of the molecule is CN(C)CCCNc1nccc2c1C13CC1(C=Cc1cc(O)ccc13)N2. The van der Waals surface area contributed by atoms with Gasteiger partial charge in [0, 0.05) is 24.0 Å². The second kappa shape index (κ2) is 5.24. The Labute approximate surface area is 153 Å². The molecule has 2 heterocycles. The van der Waals surface area contributed by atoms with Gasteiger partial charge in [0.25, 0.3) is 0 Å². The number of nitrogens with one attached hydrogen (secondary N) is 2. The van der Waals surface area contributed by atoms with Crippen LogP contribution in [0.1, 0.15) is 29.5 Å². The maximum absolute atomic E-state index is 9.88. The Morgan fingerprint density at radius 3 is 3.04 bits per heavy atom. The van der Waals surface area contributed by atoms with Gasteiger partial charge in [-0.15, -0.1) is 0 Å². The van der Waals surface area contributed by atoms with Crippen molar-refractivity contribution in [1.29, 1.82) is 0 Å². The Morgan fingerprint density at radius 1 is 1.31 bits per heavy atom. The van der Waals surface area contributed by atoms with E-state index in [0.717, 1.165) is 37.3 Å². The van der Waals surface area contributed by atoms with E-state index >= 15 is 0 Å². The van der Waals surface area contributed by atoms with Crippen LogP contribution in [0.2, 0.25) is 0 Å². The van der Waals surface area contributed by atoms with Crippen molar-refractivity contribution in [1.82, 2.24) is 9.88 Å². The van der Waals surface area contributed by atoms with Crippen molar-refractivity contribution in [3.05, 3.63) is 53.2 Å². The molecule has 2 aliphatic carbocycles. The van der Waals surface area contributed by atoms with Crippen LogP contribution in [0.3, 0.4) is 0 Å². The largest absolute Gasteiger partial charge is 0.508 e. The summed E-state index contributed by atoms with van der Waals surface area (Å²) in [6, 6.07) is 7.82. The van der Waals surface area contributed by atoms with E-state index < -0.39 is 0 Å². The molecule has 0 amide bonds. The van der Waals surface area contributed by atoms with Gasteiger partial charge in [0.15, 0.2) is 0 Å². The third-order valence-electron chi connectivity index (χ3n) is 6.03. The number of phenols is 1. The summed E-state index contributed by atoms with van der Waals surface area (Å²) < 4.78 is 0. The minimum Gasteiger partial charge on any atom is -0.508 e. The monoisotopic (exact) mass is 348 g/mol. The van der Waals surface area contributed by atoms with E-state index in [0.29, 0.717) is 5.75 Å². The third-order valence-corrected chi connectivity index (χ3v) is 6.03. The standard InChI is InChI=1S/C21H24N4O/c1-25(2)11-3-9-22-19-18-17(7-10-23-19)24-20-8-6-14-12-15(26)4-5-16(14)21(18,20)13-20/h4-8,10,12,24,26H,3,9,11,13H2,1-2H3,(H,22,23). The zero-order valence-corrected chi connectivity index (χ0v) is 15.2. The third kappa shape index (κ3) is 1.98. The molecule has 0 saturated heterocycles. The molecule has 5 heteroatoms. The first-order valence-corrected chi connectivity index (χ1v) is 9.25. The van der Waals surface area contributed by atoms with Crippen LogP contribution < -0.4 is 10.6 Å². The summed E-state index contributed by atoms with van der Waals surface area (Å²) in [5.41, 5.74) is 4.73. The maximum Gasteiger partial charge on any atom is 0.132 e. The van der Waals surface area contributed by atoms with E-state index in [1.54, 1.807) is 6.07 Å². The number of benzene rings is 1. The number of pyridine rings is 1. The van der Waals surface area contributed by atoms with Crippen LogP contribution in [-0.4, -0.2) is 47.7 Å². The lowest BCUT2D eigenvalue weighted by Crippen LogP contribution is -2.27. The predicted octanol–water partition coefficient (Wildman–Crippen LogP) is 3.03. The summed E-state index contributed by atoms with van der Waals surface area (Å²) in [5.74, 6) is 1.31. The number of aromatic hydroxyl groups is 1. The number of rotatable bonds is 5. The number of phenolic OH excluding ortho intramolecular Hbond substituents is 1. The highest BCUT2D eigenvalue weighted by molar-refractivity contribution is 5.87. The molecule has 26 heavy (non-hydrogen) atoms. The molecule has 134 valence electrons. The van der Waals surface area contributed by atoms with Crippen molar-refractivity contribution >= 4 is 17.6 Å². The lowest BCUT2D eigenvalue weighted by Gasteiger charge is -2.25. The molecule has 2 aromatic rings. The summed E-state index contributed by atoms with van der Waals surface area (Å²) >= 11 is 0. The van der Waals surface area contributed by atoms with E-state index in [1.807, 2.05) is 12.3 Å². The number of nitrogens with zero attached hydrogens (tertiary/aromatic N) is 2. The lowest BCUT2D eigenvalue weighted by molar-refractivity contribution is 0.405. The summed E-state index contributed by atoms with van der Waals surface area (Å²) in [7, 11) is 4.20. The summed E-state index contributed by atoms with van der Waals surface area (Å²) in [6.07, 6.45) is 8.40. The molecule has 3 aliphatic rings. The topological polar surface area (TPSA) is 60.4 Å². The van der Waals surface area contributed by atoms with Gasteiger partial charge in [0.1, 0.15) is 11.6 Å². The van der Waals surface area contributed by atoms with E-state index in [-0.39, 0.29) is 11.0 Å². The van der Waals surface area contributed by atoms with E-state index in [4.69, 9.17) is 0 Å². The molecular formula is C21H24N4O. The molecule has 2 unspecified atom stereocenters. The maximum atomic E-state index is 9.88. The van der Waals surface area contributed by atoms with Crippen molar-refractivity contribution in [3.63, 3.8) is 0 Å². The molecule has 0 bridgehead atoms. The molecular weight excluding hydrogens is 324 g/mol. The van der Waals surface area contributed by atoms with Gasteiger partial charge in [-0.2, -0.15) is 0 Å². The number of fused-ring (bicyclic) bond motifs is 2. The Bertz CT molecular complexity index is 922. The molecule has 5 nitrogen and oxygen atoms in total. The number of aromatic nitrogens is 1. The van der Waals surface area contributed by atoms with E-state index in [1.165, 1.54) is 16.8 Å². The van der Waals surface area contributed by atoms with Crippen LogP contribution in [0, 0.1) is 0 Å².